The number of carbonyl (C=O) groups excluding carboxylic acids is 1. The molecule has 0 aliphatic carbocycles. The number of rotatable bonds is 3. The zero-order chi connectivity index (χ0) is 14.8. The van der Waals surface area contributed by atoms with Gasteiger partial charge in [0.1, 0.15) is 0 Å². The number of hydrogen-bond acceptors (Lipinski definition) is 3. The summed E-state index contributed by atoms with van der Waals surface area (Å²) in [5.74, 6) is 0.837. The number of aryl methyl sites for hydroxylation is 2. The maximum absolute atomic E-state index is 12.3. The number of nitrogens with zero attached hydrogens (tertiary/aromatic N) is 1. The third kappa shape index (κ3) is 3.27. The molecule has 1 aromatic rings. The Labute approximate surface area is 126 Å². The van der Waals surface area contributed by atoms with Crippen LogP contribution in [0.15, 0.2) is 18.2 Å². The number of amides is 1. The first kappa shape index (κ1) is 14.5. The molecule has 2 unspecified atom stereocenters. The fraction of sp³-hybridized carbons (Fsp3) is 0.588. The van der Waals surface area contributed by atoms with Crippen LogP contribution in [0.4, 0.5) is 5.69 Å². The van der Waals surface area contributed by atoms with E-state index in [0.717, 1.165) is 42.4 Å². The Bertz CT molecular complexity index is 509. The van der Waals surface area contributed by atoms with Gasteiger partial charge in [-0.25, -0.2) is 0 Å². The number of nitrogens with one attached hydrogen (secondary N) is 2. The molecule has 2 aliphatic rings. The highest BCUT2D eigenvalue weighted by Gasteiger charge is 2.32. The van der Waals surface area contributed by atoms with Crippen molar-refractivity contribution in [2.45, 2.75) is 32.7 Å². The first-order chi connectivity index (χ1) is 10.1. The number of piperidine rings is 1. The Morgan fingerprint density at radius 2 is 2.10 bits per heavy atom. The van der Waals surface area contributed by atoms with Gasteiger partial charge >= 0.3 is 0 Å². The molecule has 0 saturated carbocycles. The normalized spacial score (nSPS) is 25.6. The van der Waals surface area contributed by atoms with E-state index >= 15 is 0 Å². The van der Waals surface area contributed by atoms with Crippen LogP contribution in [0.2, 0.25) is 0 Å². The molecular weight excluding hydrogens is 262 g/mol. The SMILES string of the molecule is Cc1cccc(C)c1NC(=O)CN1CCC2NCCC2C1. The number of carbonyl (C=O) groups is 1. The molecule has 0 radical (unpaired) electrons. The van der Waals surface area contributed by atoms with Gasteiger partial charge in [-0.3, -0.25) is 9.69 Å². The first-order valence-corrected chi connectivity index (χ1v) is 7.95. The Hall–Kier alpha value is -1.39. The van der Waals surface area contributed by atoms with E-state index < -0.39 is 0 Å². The minimum absolute atomic E-state index is 0.108. The number of hydrogen-bond donors (Lipinski definition) is 2. The lowest BCUT2D eigenvalue weighted by atomic mass is 9.93. The summed E-state index contributed by atoms with van der Waals surface area (Å²) < 4.78 is 0. The lowest BCUT2D eigenvalue weighted by molar-refractivity contribution is -0.117. The van der Waals surface area contributed by atoms with Crippen molar-refractivity contribution in [2.24, 2.45) is 5.92 Å². The standard InChI is InChI=1S/C17H25N3O/c1-12-4-3-5-13(2)17(12)19-16(21)11-20-9-7-15-14(10-20)6-8-18-15/h3-5,14-15,18H,6-11H2,1-2H3,(H,19,21). The average molecular weight is 287 g/mol. The second kappa shape index (κ2) is 6.16. The lowest BCUT2D eigenvalue weighted by Crippen LogP contribution is -2.46. The van der Waals surface area contributed by atoms with Crippen LogP contribution in [0.25, 0.3) is 0 Å². The second-order valence-electron chi connectivity index (χ2n) is 6.45. The Kier molecular flexibility index (Phi) is 4.27. The number of anilines is 1. The van der Waals surface area contributed by atoms with Gasteiger partial charge in [0.15, 0.2) is 0 Å². The van der Waals surface area contributed by atoms with Gasteiger partial charge < -0.3 is 10.6 Å². The molecule has 1 amide bonds. The Balaban J connectivity index is 1.57. The van der Waals surface area contributed by atoms with Crippen LogP contribution in [-0.2, 0) is 4.79 Å². The summed E-state index contributed by atoms with van der Waals surface area (Å²) in [6.45, 7) is 7.80. The number of fused-ring (bicyclic) bond motifs is 1. The summed E-state index contributed by atoms with van der Waals surface area (Å²) in [5.41, 5.74) is 3.23. The minimum atomic E-state index is 0.108. The van der Waals surface area contributed by atoms with Crippen LogP contribution in [0.3, 0.4) is 0 Å². The van der Waals surface area contributed by atoms with Crippen LogP contribution in [0.1, 0.15) is 24.0 Å². The summed E-state index contributed by atoms with van der Waals surface area (Å²) in [6, 6.07) is 6.79. The summed E-state index contributed by atoms with van der Waals surface area (Å²) in [6.07, 6.45) is 2.42. The number of likely N-dealkylation sites (tertiary alicyclic amines) is 1. The maximum atomic E-state index is 12.3. The van der Waals surface area contributed by atoms with E-state index in [2.05, 4.69) is 15.5 Å². The van der Waals surface area contributed by atoms with Crippen molar-refractivity contribution in [3.63, 3.8) is 0 Å². The lowest BCUT2D eigenvalue weighted by Gasteiger charge is -2.34. The summed E-state index contributed by atoms with van der Waals surface area (Å²) in [4.78, 5) is 14.6. The fourth-order valence-electron chi connectivity index (χ4n) is 3.66. The highest BCUT2D eigenvalue weighted by Crippen LogP contribution is 2.24. The smallest absolute Gasteiger partial charge is 0.238 e. The molecule has 0 spiro atoms. The van der Waals surface area contributed by atoms with Gasteiger partial charge in [0.25, 0.3) is 0 Å². The molecule has 0 aromatic heterocycles. The van der Waals surface area contributed by atoms with Crippen molar-refractivity contribution in [3.05, 3.63) is 29.3 Å². The average Bonchev–Trinajstić information content (AvgIpc) is 2.90. The van der Waals surface area contributed by atoms with Gasteiger partial charge in [-0.2, -0.15) is 0 Å². The topological polar surface area (TPSA) is 44.4 Å². The zero-order valence-electron chi connectivity index (χ0n) is 13.0. The number of para-hydroxylation sites is 1. The highest BCUT2D eigenvalue weighted by atomic mass is 16.2. The molecule has 4 nitrogen and oxygen atoms in total. The molecule has 2 atom stereocenters. The van der Waals surface area contributed by atoms with Crippen LogP contribution in [0.5, 0.6) is 0 Å². The molecule has 2 fully saturated rings. The van der Waals surface area contributed by atoms with Gasteiger partial charge in [0.2, 0.25) is 5.91 Å². The third-order valence-corrected chi connectivity index (χ3v) is 4.85. The van der Waals surface area contributed by atoms with Crippen molar-refractivity contribution < 1.29 is 4.79 Å². The van der Waals surface area contributed by atoms with Gasteiger partial charge in [0, 0.05) is 24.8 Å². The zero-order valence-corrected chi connectivity index (χ0v) is 13.0. The van der Waals surface area contributed by atoms with E-state index in [0.29, 0.717) is 12.6 Å². The van der Waals surface area contributed by atoms with E-state index in [1.807, 2.05) is 32.0 Å². The molecule has 0 bridgehead atoms. The van der Waals surface area contributed by atoms with Gasteiger partial charge in [-0.15, -0.1) is 0 Å². The predicted molar refractivity (Wildman–Crippen MR) is 85.5 cm³/mol. The van der Waals surface area contributed by atoms with E-state index in [-0.39, 0.29) is 5.91 Å². The van der Waals surface area contributed by atoms with Gasteiger partial charge in [0.05, 0.1) is 6.54 Å². The molecule has 2 heterocycles. The summed E-state index contributed by atoms with van der Waals surface area (Å²) >= 11 is 0. The van der Waals surface area contributed by atoms with Crippen LogP contribution < -0.4 is 10.6 Å². The van der Waals surface area contributed by atoms with Crippen molar-refractivity contribution in [1.29, 1.82) is 0 Å². The van der Waals surface area contributed by atoms with Crippen LogP contribution in [-0.4, -0.2) is 43.0 Å². The summed E-state index contributed by atoms with van der Waals surface area (Å²) in [5, 5.41) is 6.65. The fourth-order valence-corrected chi connectivity index (χ4v) is 3.66. The maximum Gasteiger partial charge on any atom is 0.238 e. The largest absolute Gasteiger partial charge is 0.324 e. The molecule has 2 saturated heterocycles. The highest BCUT2D eigenvalue weighted by molar-refractivity contribution is 5.93. The monoisotopic (exact) mass is 287 g/mol. The molecule has 4 heteroatoms. The van der Waals surface area contributed by atoms with Crippen molar-refractivity contribution in [3.8, 4) is 0 Å². The van der Waals surface area contributed by atoms with E-state index in [4.69, 9.17) is 0 Å². The van der Waals surface area contributed by atoms with Crippen molar-refractivity contribution in [1.82, 2.24) is 10.2 Å². The van der Waals surface area contributed by atoms with Crippen LogP contribution in [0, 0.1) is 19.8 Å². The molecule has 114 valence electrons. The molecule has 3 rings (SSSR count). The third-order valence-electron chi connectivity index (χ3n) is 4.85. The Morgan fingerprint density at radius 1 is 1.33 bits per heavy atom. The predicted octanol–water partition coefficient (Wildman–Crippen LogP) is 1.93. The minimum Gasteiger partial charge on any atom is -0.324 e. The summed E-state index contributed by atoms with van der Waals surface area (Å²) in [7, 11) is 0. The van der Waals surface area contributed by atoms with Gasteiger partial charge in [-0.1, -0.05) is 18.2 Å². The number of benzene rings is 1. The molecule has 2 N–H and O–H groups in total. The molecule has 2 aliphatic heterocycles. The van der Waals surface area contributed by atoms with E-state index in [1.54, 1.807) is 0 Å². The van der Waals surface area contributed by atoms with Crippen LogP contribution >= 0.6 is 0 Å². The van der Waals surface area contributed by atoms with E-state index in [1.165, 1.54) is 12.8 Å². The van der Waals surface area contributed by atoms with Crippen molar-refractivity contribution >= 4 is 11.6 Å². The molecular formula is C17H25N3O. The molecule has 21 heavy (non-hydrogen) atoms. The van der Waals surface area contributed by atoms with Crippen molar-refractivity contribution in [2.75, 3.05) is 31.5 Å². The second-order valence-corrected chi connectivity index (χ2v) is 6.45. The first-order valence-electron chi connectivity index (χ1n) is 7.95. The van der Waals surface area contributed by atoms with E-state index in [9.17, 15) is 4.79 Å². The Morgan fingerprint density at radius 3 is 2.86 bits per heavy atom. The quantitative estimate of drug-likeness (QED) is 0.893. The molecule has 1 aromatic carbocycles. The van der Waals surface area contributed by atoms with Gasteiger partial charge in [-0.05, 0) is 50.3 Å².